The Hall–Kier alpha value is -0.590. The lowest BCUT2D eigenvalue weighted by atomic mass is 10.2. The molecule has 0 saturated carbocycles. The highest BCUT2D eigenvalue weighted by Crippen LogP contribution is 2.24. The summed E-state index contributed by atoms with van der Waals surface area (Å²) in [5.41, 5.74) is 0. The van der Waals surface area contributed by atoms with Gasteiger partial charge in [-0.25, -0.2) is 13.4 Å². The maximum Gasteiger partial charge on any atom is 0.263 e. The average Bonchev–Trinajstić information content (AvgIpc) is 2.61. The van der Waals surface area contributed by atoms with E-state index in [4.69, 9.17) is 11.6 Å². The van der Waals surface area contributed by atoms with Crippen molar-refractivity contribution in [3.63, 3.8) is 0 Å². The zero-order valence-electron chi connectivity index (χ0n) is 10.5. The van der Waals surface area contributed by atoms with Crippen LogP contribution in [0.5, 0.6) is 0 Å². The van der Waals surface area contributed by atoms with E-state index in [0.29, 0.717) is 0 Å². The van der Waals surface area contributed by atoms with E-state index in [-0.39, 0.29) is 16.2 Å². The number of nitrogens with zero attached hydrogens (tertiary/aromatic N) is 3. The molecule has 0 N–H and O–H groups in total. The molecule has 5 nitrogen and oxygen atoms in total. The molecular weight excluding hydrogens is 262 g/mol. The highest BCUT2D eigenvalue weighted by molar-refractivity contribution is 7.89. The number of rotatable bonds is 5. The smallest absolute Gasteiger partial charge is 0.263 e. The Morgan fingerprint density at radius 2 is 2.00 bits per heavy atom. The molecule has 98 valence electrons. The van der Waals surface area contributed by atoms with Crippen molar-refractivity contribution >= 4 is 21.6 Å². The van der Waals surface area contributed by atoms with Crippen molar-refractivity contribution in [2.75, 3.05) is 7.05 Å². The van der Waals surface area contributed by atoms with Crippen molar-refractivity contribution in [2.24, 2.45) is 7.05 Å². The van der Waals surface area contributed by atoms with E-state index in [1.807, 2.05) is 13.8 Å². The highest BCUT2D eigenvalue weighted by atomic mass is 35.5. The minimum Gasteiger partial charge on any atom is -0.324 e. The molecule has 7 heteroatoms. The van der Waals surface area contributed by atoms with Crippen LogP contribution >= 0.6 is 11.6 Å². The van der Waals surface area contributed by atoms with E-state index < -0.39 is 10.0 Å². The molecule has 1 heterocycles. The zero-order chi connectivity index (χ0) is 13.2. The molecule has 0 saturated heterocycles. The summed E-state index contributed by atoms with van der Waals surface area (Å²) in [5.74, 6) is 0. The van der Waals surface area contributed by atoms with Crippen LogP contribution in [0, 0.1) is 0 Å². The first kappa shape index (κ1) is 14.5. The molecule has 0 fully saturated rings. The van der Waals surface area contributed by atoms with Gasteiger partial charge in [-0.05, 0) is 12.8 Å². The first-order chi connectivity index (χ1) is 7.86. The molecule has 0 bridgehead atoms. The van der Waals surface area contributed by atoms with Crippen molar-refractivity contribution in [3.8, 4) is 0 Å². The van der Waals surface area contributed by atoms with Crippen LogP contribution in [0.3, 0.4) is 0 Å². The van der Waals surface area contributed by atoms with Crippen LogP contribution in [-0.4, -0.2) is 35.4 Å². The van der Waals surface area contributed by atoms with Crippen LogP contribution in [0.25, 0.3) is 0 Å². The standard InChI is InChI=1S/C10H18ClN3O2S/c1-5-8(6-2)14(4)17(15,16)10-9(11)13(3)7-12-10/h7-8H,5-6H2,1-4H3. The minimum absolute atomic E-state index is 0.0296. The third-order valence-corrected chi connectivity index (χ3v) is 5.32. The molecule has 0 radical (unpaired) electrons. The Balaban J connectivity index is 3.15. The molecule has 0 atom stereocenters. The quantitative estimate of drug-likeness (QED) is 0.827. The number of aryl methyl sites for hydroxylation is 1. The van der Waals surface area contributed by atoms with Gasteiger partial charge < -0.3 is 4.57 Å². The molecule has 0 amide bonds. The van der Waals surface area contributed by atoms with Crippen LogP contribution in [0.4, 0.5) is 0 Å². The summed E-state index contributed by atoms with van der Waals surface area (Å²) in [6.07, 6.45) is 2.92. The first-order valence-corrected chi connectivity index (χ1v) is 7.32. The van der Waals surface area contributed by atoms with E-state index in [1.54, 1.807) is 14.1 Å². The van der Waals surface area contributed by atoms with Gasteiger partial charge in [0.15, 0.2) is 0 Å². The fourth-order valence-corrected chi connectivity index (χ4v) is 3.59. The normalized spacial score (nSPS) is 12.6. The number of aromatic nitrogens is 2. The maximum atomic E-state index is 12.3. The first-order valence-electron chi connectivity index (χ1n) is 5.51. The summed E-state index contributed by atoms with van der Waals surface area (Å²) in [7, 11) is -0.377. The van der Waals surface area contributed by atoms with Gasteiger partial charge in [-0.1, -0.05) is 25.4 Å². The summed E-state index contributed by atoms with van der Waals surface area (Å²) in [6, 6.07) is -0.0296. The van der Waals surface area contributed by atoms with Gasteiger partial charge in [0.1, 0.15) is 5.15 Å². The van der Waals surface area contributed by atoms with Crippen molar-refractivity contribution in [1.82, 2.24) is 13.9 Å². The van der Waals surface area contributed by atoms with Gasteiger partial charge in [0.05, 0.1) is 6.33 Å². The zero-order valence-corrected chi connectivity index (χ0v) is 12.1. The van der Waals surface area contributed by atoms with E-state index in [1.165, 1.54) is 15.2 Å². The van der Waals surface area contributed by atoms with Crippen molar-refractivity contribution in [3.05, 3.63) is 11.5 Å². The molecule has 1 aromatic rings. The monoisotopic (exact) mass is 279 g/mol. The van der Waals surface area contributed by atoms with Crippen molar-refractivity contribution in [2.45, 2.75) is 37.8 Å². The Morgan fingerprint density at radius 1 is 1.47 bits per heavy atom. The van der Waals surface area contributed by atoms with Gasteiger partial charge >= 0.3 is 0 Å². The third-order valence-electron chi connectivity index (χ3n) is 2.91. The summed E-state index contributed by atoms with van der Waals surface area (Å²) >= 11 is 5.92. The van der Waals surface area contributed by atoms with Crippen LogP contribution in [0.15, 0.2) is 11.4 Å². The predicted molar refractivity (Wildman–Crippen MR) is 67.5 cm³/mol. The van der Waals surface area contributed by atoms with Crippen molar-refractivity contribution < 1.29 is 8.42 Å². The summed E-state index contributed by atoms with van der Waals surface area (Å²) in [4.78, 5) is 3.86. The number of hydrogen-bond acceptors (Lipinski definition) is 3. The molecule has 0 aliphatic carbocycles. The lowest BCUT2D eigenvalue weighted by Crippen LogP contribution is -2.36. The minimum atomic E-state index is -3.60. The van der Waals surface area contributed by atoms with Gasteiger partial charge in [0.2, 0.25) is 5.03 Å². The van der Waals surface area contributed by atoms with Crippen LogP contribution in [0.2, 0.25) is 5.15 Å². The fourth-order valence-electron chi connectivity index (χ4n) is 1.70. The number of imidazole rings is 1. The predicted octanol–water partition coefficient (Wildman–Crippen LogP) is 1.88. The number of sulfonamides is 1. The Morgan fingerprint density at radius 3 is 2.35 bits per heavy atom. The molecule has 0 aliphatic rings. The molecule has 0 unspecified atom stereocenters. The Labute approximate surface area is 107 Å². The third kappa shape index (κ3) is 2.64. The molecule has 1 rings (SSSR count). The van der Waals surface area contributed by atoms with Gasteiger partial charge in [-0.2, -0.15) is 4.31 Å². The van der Waals surface area contributed by atoms with Crippen LogP contribution < -0.4 is 0 Å². The van der Waals surface area contributed by atoms with E-state index in [2.05, 4.69) is 4.98 Å². The Bertz CT molecular complexity index is 480. The molecule has 1 aromatic heterocycles. The SMILES string of the molecule is CCC(CC)N(C)S(=O)(=O)c1ncn(C)c1Cl. The van der Waals surface area contributed by atoms with E-state index in [0.717, 1.165) is 12.8 Å². The summed E-state index contributed by atoms with van der Waals surface area (Å²) < 4.78 is 27.4. The topological polar surface area (TPSA) is 55.2 Å². The number of hydrogen-bond donors (Lipinski definition) is 0. The van der Waals surface area contributed by atoms with Crippen molar-refractivity contribution in [1.29, 1.82) is 0 Å². The second kappa shape index (κ2) is 5.37. The lowest BCUT2D eigenvalue weighted by Gasteiger charge is -2.24. The fraction of sp³-hybridized carbons (Fsp3) is 0.700. The highest BCUT2D eigenvalue weighted by Gasteiger charge is 2.30. The second-order valence-corrected chi connectivity index (χ2v) is 6.21. The average molecular weight is 280 g/mol. The van der Waals surface area contributed by atoms with E-state index >= 15 is 0 Å². The van der Waals surface area contributed by atoms with Gasteiger partial charge in [-0.15, -0.1) is 0 Å². The summed E-state index contributed by atoms with van der Waals surface area (Å²) in [6.45, 7) is 3.92. The lowest BCUT2D eigenvalue weighted by molar-refractivity contribution is 0.348. The van der Waals surface area contributed by atoms with Gasteiger partial charge in [0.25, 0.3) is 10.0 Å². The van der Waals surface area contributed by atoms with Gasteiger partial charge in [0, 0.05) is 20.1 Å². The van der Waals surface area contributed by atoms with Crippen LogP contribution in [-0.2, 0) is 17.1 Å². The molecule has 17 heavy (non-hydrogen) atoms. The van der Waals surface area contributed by atoms with E-state index in [9.17, 15) is 8.42 Å². The molecule has 0 spiro atoms. The second-order valence-electron chi connectivity index (χ2n) is 3.94. The van der Waals surface area contributed by atoms with Gasteiger partial charge in [-0.3, -0.25) is 0 Å². The Kier molecular flexibility index (Phi) is 4.57. The van der Waals surface area contributed by atoms with Crippen LogP contribution in [0.1, 0.15) is 26.7 Å². The molecular formula is C10H18ClN3O2S. The molecule has 0 aliphatic heterocycles. The maximum absolute atomic E-state index is 12.3. The largest absolute Gasteiger partial charge is 0.324 e. The number of halogens is 1. The molecule has 0 aromatic carbocycles. The summed E-state index contributed by atoms with van der Waals surface area (Å²) in [5, 5.41) is 0.0684.